The Bertz CT molecular complexity index is 455. The van der Waals surface area contributed by atoms with E-state index in [4.69, 9.17) is 22.4 Å². The van der Waals surface area contributed by atoms with Gasteiger partial charge in [-0.25, -0.2) is 0 Å². The standard InChI is InChI=1S/C15H24ClN3O2/c1-19(8-3-2-4-10-20)9-7-15(21)18-12-5-6-13(16)14(17)11-12/h5-6,11,20H,2-4,7-10,17H2,1H3,(H,18,21). The number of hydrogen-bond acceptors (Lipinski definition) is 4. The van der Waals surface area contributed by atoms with E-state index >= 15 is 0 Å². The summed E-state index contributed by atoms with van der Waals surface area (Å²) in [5, 5.41) is 12.0. The van der Waals surface area contributed by atoms with E-state index in [1.807, 2.05) is 7.05 Å². The summed E-state index contributed by atoms with van der Waals surface area (Å²) in [6.07, 6.45) is 3.31. The number of rotatable bonds is 9. The molecule has 1 aromatic rings. The maximum atomic E-state index is 11.8. The summed E-state index contributed by atoms with van der Waals surface area (Å²) < 4.78 is 0. The summed E-state index contributed by atoms with van der Waals surface area (Å²) in [7, 11) is 1.99. The Morgan fingerprint density at radius 2 is 2.10 bits per heavy atom. The number of anilines is 2. The van der Waals surface area contributed by atoms with Crippen LogP contribution in [-0.2, 0) is 4.79 Å². The molecule has 1 aromatic carbocycles. The van der Waals surface area contributed by atoms with Gasteiger partial charge < -0.3 is 21.1 Å². The first-order valence-electron chi connectivity index (χ1n) is 7.17. The number of benzene rings is 1. The van der Waals surface area contributed by atoms with Crippen LogP contribution in [0.3, 0.4) is 0 Å². The fourth-order valence-electron chi connectivity index (χ4n) is 1.92. The molecule has 6 heteroatoms. The van der Waals surface area contributed by atoms with E-state index in [-0.39, 0.29) is 12.5 Å². The van der Waals surface area contributed by atoms with Crippen molar-refractivity contribution < 1.29 is 9.90 Å². The molecule has 0 fully saturated rings. The number of nitrogen functional groups attached to an aromatic ring is 1. The van der Waals surface area contributed by atoms with Gasteiger partial charge >= 0.3 is 0 Å². The number of aliphatic hydroxyl groups is 1. The molecule has 4 N–H and O–H groups in total. The van der Waals surface area contributed by atoms with Gasteiger partial charge in [0.05, 0.1) is 10.7 Å². The van der Waals surface area contributed by atoms with E-state index in [0.29, 0.717) is 29.4 Å². The van der Waals surface area contributed by atoms with Gasteiger partial charge in [-0.3, -0.25) is 4.79 Å². The first-order valence-corrected chi connectivity index (χ1v) is 7.55. The van der Waals surface area contributed by atoms with Gasteiger partial charge in [0.1, 0.15) is 0 Å². The minimum Gasteiger partial charge on any atom is -0.397 e. The predicted molar refractivity (Wildman–Crippen MR) is 87.5 cm³/mol. The molecule has 0 aliphatic rings. The number of unbranched alkanes of at least 4 members (excludes halogenated alkanes) is 2. The highest BCUT2D eigenvalue weighted by Crippen LogP contribution is 2.22. The van der Waals surface area contributed by atoms with Crippen LogP contribution in [0.1, 0.15) is 25.7 Å². The molecule has 0 atom stereocenters. The van der Waals surface area contributed by atoms with Crippen LogP contribution in [0, 0.1) is 0 Å². The molecular weight excluding hydrogens is 290 g/mol. The van der Waals surface area contributed by atoms with E-state index in [2.05, 4.69) is 10.2 Å². The number of nitrogens with zero attached hydrogens (tertiary/aromatic N) is 1. The molecule has 0 heterocycles. The Morgan fingerprint density at radius 1 is 1.33 bits per heavy atom. The van der Waals surface area contributed by atoms with Crippen LogP contribution >= 0.6 is 11.6 Å². The van der Waals surface area contributed by atoms with Crippen LogP contribution in [0.2, 0.25) is 5.02 Å². The van der Waals surface area contributed by atoms with E-state index in [9.17, 15) is 4.79 Å². The Morgan fingerprint density at radius 3 is 2.76 bits per heavy atom. The lowest BCUT2D eigenvalue weighted by molar-refractivity contribution is -0.116. The van der Waals surface area contributed by atoms with Crippen molar-refractivity contribution in [1.82, 2.24) is 4.90 Å². The smallest absolute Gasteiger partial charge is 0.225 e. The van der Waals surface area contributed by atoms with Gasteiger partial charge in [-0.1, -0.05) is 11.6 Å². The molecule has 0 bridgehead atoms. The maximum Gasteiger partial charge on any atom is 0.225 e. The molecule has 0 saturated carbocycles. The number of nitrogens with one attached hydrogen (secondary N) is 1. The number of aliphatic hydroxyl groups excluding tert-OH is 1. The summed E-state index contributed by atoms with van der Waals surface area (Å²) in [4.78, 5) is 14.0. The average Bonchev–Trinajstić information content (AvgIpc) is 2.45. The highest BCUT2D eigenvalue weighted by Gasteiger charge is 2.06. The molecule has 21 heavy (non-hydrogen) atoms. The number of amides is 1. The second kappa shape index (κ2) is 9.60. The van der Waals surface area contributed by atoms with Gasteiger partial charge in [-0.15, -0.1) is 0 Å². The lowest BCUT2D eigenvalue weighted by Crippen LogP contribution is -2.25. The number of nitrogens with two attached hydrogens (primary N) is 1. The summed E-state index contributed by atoms with van der Waals surface area (Å²) in [6.45, 7) is 1.88. The topological polar surface area (TPSA) is 78.6 Å². The molecule has 0 aromatic heterocycles. The normalized spacial score (nSPS) is 10.9. The number of halogens is 1. The molecule has 0 spiro atoms. The zero-order chi connectivity index (χ0) is 15.7. The van der Waals surface area contributed by atoms with Gasteiger partial charge in [0.15, 0.2) is 0 Å². The van der Waals surface area contributed by atoms with Crippen LogP contribution in [0.4, 0.5) is 11.4 Å². The van der Waals surface area contributed by atoms with Crippen molar-refractivity contribution in [3.63, 3.8) is 0 Å². The molecular formula is C15H24ClN3O2. The van der Waals surface area contributed by atoms with Crippen LogP contribution < -0.4 is 11.1 Å². The predicted octanol–water partition coefficient (Wildman–Crippen LogP) is 2.35. The molecule has 0 unspecified atom stereocenters. The Hall–Kier alpha value is -1.30. The van der Waals surface area contributed by atoms with Crippen molar-refractivity contribution in [3.05, 3.63) is 23.2 Å². The molecule has 1 rings (SSSR count). The first-order chi connectivity index (χ1) is 10.0. The summed E-state index contributed by atoms with van der Waals surface area (Å²) in [5.41, 5.74) is 6.80. The summed E-state index contributed by atoms with van der Waals surface area (Å²) in [6, 6.07) is 5.05. The molecule has 0 aliphatic carbocycles. The minimum atomic E-state index is -0.0427. The van der Waals surface area contributed by atoms with Crippen molar-refractivity contribution in [2.75, 3.05) is 37.8 Å². The number of carbonyl (C=O) groups is 1. The Balaban J connectivity index is 2.25. The number of carbonyl (C=O) groups excluding carboxylic acids is 1. The monoisotopic (exact) mass is 313 g/mol. The van der Waals surface area contributed by atoms with Crippen LogP contribution in [0.5, 0.6) is 0 Å². The summed E-state index contributed by atoms with van der Waals surface area (Å²) >= 11 is 5.83. The van der Waals surface area contributed by atoms with Gasteiger partial charge in [-0.05, 0) is 51.1 Å². The highest BCUT2D eigenvalue weighted by molar-refractivity contribution is 6.33. The van der Waals surface area contributed by atoms with Crippen LogP contribution in [-0.4, -0.2) is 42.7 Å². The van der Waals surface area contributed by atoms with Crippen LogP contribution in [0.15, 0.2) is 18.2 Å². The van der Waals surface area contributed by atoms with Crippen molar-refractivity contribution >= 4 is 28.9 Å². The van der Waals surface area contributed by atoms with E-state index in [1.165, 1.54) is 0 Å². The Kier molecular flexibility index (Phi) is 8.12. The van der Waals surface area contributed by atoms with E-state index < -0.39 is 0 Å². The van der Waals surface area contributed by atoms with Crippen LogP contribution in [0.25, 0.3) is 0 Å². The molecule has 5 nitrogen and oxygen atoms in total. The van der Waals surface area contributed by atoms with Gasteiger partial charge in [-0.2, -0.15) is 0 Å². The first kappa shape index (κ1) is 17.8. The maximum absolute atomic E-state index is 11.8. The minimum absolute atomic E-state index is 0.0427. The number of hydrogen-bond donors (Lipinski definition) is 3. The van der Waals surface area contributed by atoms with Crippen molar-refractivity contribution in [2.24, 2.45) is 0 Å². The average molecular weight is 314 g/mol. The lowest BCUT2D eigenvalue weighted by Gasteiger charge is -2.16. The summed E-state index contributed by atoms with van der Waals surface area (Å²) in [5.74, 6) is -0.0427. The van der Waals surface area contributed by atoms with E-state index in [1.54, 1.807) is 18.2 Å². The molecule has 118 valence electrons. The lowest BCUT2D eigenvalue weighted by atomic mass is 10.2. The fraction of sp³-hybridized carbons (Fsp3) is 0.533. The fourth-order valence-corrected chi connectivity index (χ4v) is 2.04. The van der Waals surface area contributed by atoms with Crippen molar-refractivity contribution in [3.8, 4) is 0 Å². The molecule has 0 aliphatic heterocycles. The molecule has 1 amide bonds. The third kappa shape index (κ3) is 7.32. The van der Waals surface area contributed by atoms with Crippen molar-refractivity contribution in [2.45, 2.75) is 25.7 Å². The highest BCUT2D eigenvalue weighted by atomic mass is 35.5. The van der Waals surface area contributed by atoms with E-state index in [0.717, 1.165) is 25.8 Å². The second-order valence-electron chi connectivity index (χ2n) is 5.12. The SMILES string of the molecule is CN(CCCCCO)CCC(=O)Nc1ccc(Cl)c(N)c1. The quantitative estimate of drug-likeness (QED) is 0.483. The molecule has 0 radical (unpaired) electrons. The van der Waals surface area contributed by atoms with Gasteiger partial charge in [0.25, 0.3) is 0 Å². The third-order valence-electron chi connectivity index (χ3n) is 3.20. The molecule has 0 saturated heterocycles. The zero-order valence-electron chi connectivity index (χ0n) is 12.4. The second-order valence-corrected chi connectivity index (χ2v) is 5.53. The Labute approximate surface area is 131 Å². The largest absolute Gasteiger partial charge is 0.397 e. The van der Waals surface area contributed by atoms with Crippen molar-refractivity contribution in [1.29, 1.82) is 0 Å². The zero-order valence-corrected chi connectivity index (χ0v) is 13.2. The third-order valence-corrected chi connectivity index (χ3v) is 3.54. The van der Waals surface area contributed by atoms with Gasteiger partial charge in [0, 0.05) is 25.3 Å². The van der Waals surface area contributed by atoms with Gasteiger partial charge in [0.2, 0.25) is 5.91 Å².